The van der Waals surface area contributed by atoms with Crippen LogP contribution in [0.4, 0.5) is 14.5 Å². The standard InChI is InChI=1S/C24H24F2N2O/c1-17(19-12-13-21(25)22(26)16-19)28(2)15-14-24(29)27-23-11-7-6-10-20(23)18-8-4-3-5-9-18/h3-13,16-17H,14-15H2,1-2H3,(H,27,29). The average molecular weight is 394 g/mol. The molecule has 3 aromatic rings. The lowest BCUT2D eigenvalue weighted by Crippen LogP contribution is -2.27. The van der Waals surface area contributed by atoms with Crippen LogP contribution in [0.25, 0.3) is 11.1 Å². The SMILES string of the molecule is CC(c1ccc(F)c(F)c1)N(C)CCC(=O)Nc1ccccc1-c1ccccc1. The Kier molecular flexibility index (Phi) is 6.73. The van der Waals surface area contributed by atoms with Crippen LogP contribution < -0.4 is 5.32 Å². The van der Waals surface area contributed by atoms with Crippen molar-refractivity contribution in [2.24, 2.45) is 0 Å². The first kappa shape index (κ1) is 20.7. The van der Waals surface area contributed by atoms with E-state index in [-0.39, 0.29) is 18.4 Å². The topological polar surface area (TPSA) is 32.3 Å². The first-order valence-corrected chi connectivity index (χ1v) is 9.55. The highest BCUT2D eigenvalue weighted by Crippen LogP contribution is 2.27. The number of anilines is 1. The van der Waals surface area contributed by atoms with E-state index in [4.69, 9.17) is 0 Å². The molecule has 0 heterocycles. The van der Waals surface area contributed by atoms with Gasteiger partial charge in [-0.15, -0.1) is 0 Å². The van der Waals surface area contributed by atoms with Crippen molar-refractivity contribution in [1.29, 1.82) is 0 Å². The molecule has 1 N–H and O–H groups in total. The van der Waals surface area contributed by atoms with Gasteiger partial charge in [-0.25, -0.2) is 8.78 Å². The Labute approximate surface area is 170 Å². The maximum atomic E-state index is 13.5. The minimum Gasteiger partial charge on any atom is -0.325 e. The molecule has 1 amide bonds. The van der Waals surface area contributed by atoms with Gasteiger partial charge in [0.25, 0.3) is 0 Å². The zero-order valence-corrected chi connectivity index (χ0v) is 16.5. The third-order valence-electron chi connectivity index (χ3n) is 5.06. The number of carbonyl (C=O) groups is 1. The van der Waals surface area contributed by atoms with Gasteiger partial charge >= 0.3 is 0 Å². The largest absolute Gasteiger partial charge is 0.325 e. The second-order valence-corrected chi connectivity index (χ2v) is 7.04. The van der Waals surface area contributed by atoms with Gasteiger partial charge in [-0.05, 0) is 43.3 Å². The van der Waals surface area contributed by atoms with E-state index in [2.05, 4.69) is 5.32 Å². The third kappa shape index (κ3) is 5.27. The summed E-state index contributed by atoms with van der Waals surface area (Å²) in [6.45, 7) is 2.38. The van der Waals surface area contributed by atoms with E-state index in [1.807, 2.05) is 73.5 Å². The second-order valence-electron chi connectivity index (χ2n) is 7.04. The number of hydrogen-bond donors (Lipinski definition) is 1. The highest BCUT2D eigenvalue weighted by molar-refractivity contribution is 5.95. The van der Waals surface area contributed by atoms with Gasteiger partial charge in [0.1, 0.15) is 0 Å². The lowest BCUT2D eigenvalue weighted by Gasteiger charge is -2.25. The van der Waals surface area contributed by atoms with Crippen molar-refractivity contribution in [3.63, 3.8) is 0 Å². The average Bonchev–Trinajstić information content (AvgIpc) is 2.74. The van der Waals surface area contributed by atoms with E-state index in [1.165, 1.54) is 6.07 Å². The number of hydrogen-bond acceptors (Lipinski definition) is 2. The predicted molar refractivity (Wildman–Crippen MR) is 113 cm³/mol. The normalized spacial score (nSPS) is 12.0. The highest BCUT2D eigenvalue weighted by atomic mass is 19.2. The Hall–Kier alpha value is -3.05. The fraction of sp³-hybridized carbons (Fsp3) is 0.208. The van der Waals surface area contributed by atoms with E-state index in [1.54, 1.807) is 6.07 Å². The minimum absolute atomic E-state index is 0.0993. The first-order valence-electron chi connectivity index (χ1n) is 9.55. The Balaban J connectivity index is 1.61. The summed E-state index contributed by atoms with van der Waals surface area (Å²) < 4.78 is 26.6. The maximum absolute atomic E-state index is 13.5. The molecule has 0 saturated heterocycles. The summed E-state index contributed by atoms with van der Waals surface area (Å²) in [5.74, 6) is -1.82. The Morgan fingerprint density at radius 3 is 2.38 bits per heavy atom. The van der Waals surface area contributed by atoms with Gasteiger partial charge in [0.05, 0.1) is 0 Å². The molecule has 0 spiro atoms. The summed E-state index contributed by atoms with van der Waals surface area (Å²) in [4.78, 5) is 14.5. The van der Waals surface area contributed by atoms with Gasteiger partial charge in [0.2, 0.25) is 5.91 Å². The molecule has 29 heavy (non-hydrogen) atoms. The first-order chi connectivity index (χ1) is 14.0. The Bertz CT molecular complexity index is 976. The lowest BCUT2D eigenvalue weighted by atomic mass is 10.0. The Morgan fingerprint density at radius 1 is 0.966 bits per heavy atom. The summed E-state index contributed by atoms with van der Waals surface area (Å²) >= 11 is 0. The van der Waals surface area contributed by atoms with Crippen molar-refractivity contribution >= 4 is 11.6 Å². The van der Waals surface area contributed by atoms with Crippen LogP contribution in [-0.4, -0.2) is 24.4 Å². The molecule has 1 atom stereocenters. The molecule has 0 radical (unpaired) electrons. The second kappa shape index (κ2) is 9.43. The maximum Gasteiger partial charge on any atom is 0.225 e. The molecule has 3 nitrogen and oxygen atoms in total. The van der Waals surface area contributed by atoms with Crippen molar-refractivity contribution in [1.82, 2.24) is 4.90 Å². The number of rotatable bonds is 7. The number of carbonyl (C=O) groups excluding carboxylic acids is 1. The van der Waals surface area contributed by atoms with Crippen LogP contribution in [0.1, 0.15) is 24.9 Å². The van der Waals surface area contributed by atoms with Crippen LogP contribution in [0.15, 0.2) is 72.8 Å². The van der Waals surface area contributed by atoms with Crippen molar-refractivity contribution in [3.8, 4) is 11.1 Å². The molecule has 0 saturated carbocycles. The summed E-state index contributed by atoms with van der Waals surface area (Å²) in [7, 11) is 1.86. The van der Waals surface area contributed by atoms with E-state index < -0.39 is 11.6 Å². The van der Waals surface area contributed by atoms with Gasteiger partial charge < -0.3 is 5.32 Å². The molecular weight excluding hydrogens is 370 g/mol. The summed E-state index contributed by atoms with van der Waals surface area (Å²) in [6.07, 6.45) is 0.285. The molecule has 3 rings (SSSR count). The highest BCUT2D eigenvalue weighted by Gasteiger charge is 2.15. The van der Waals surface area contributed by atoms with Crippen molar-refractivity contribution in [2.45, 2.75) is 19.4 Å². The lowest BCUT2D eigenvalue weighted by molar-refractivity contribution is -0.116. The summed E-state index contributed by atoms with van der Waals surface area (Å²) in [5.41, 5.74) is 3.43. The van der Waals surface area contributed by atoms with E-state index in [0.29, 0.717) is 12.1 Å². The quantitative estimate of drug-likeness (QED) is 0.561. The smallest absolute Gasteiger partial charge is 0.225 e. The van der Waals surface area contributed by atoms with Crippen LogP contribution >= 0.6 is 0 Å². The van der Waals surface area contributed by atoms with Gasteiger partial charge in [-0.2, -0.15) is 0 Å². The zero-order valence-electron chi connectivity index (χ0n) is 16.5. The molecule has 3 aromatic carbocycles. The number of benzene rings is 3. The fourth-order valence-electron chi connectivity index (χ4n) is 3.17. The van der Waals surface area contributed by atoms with Crippen LogP contribution in [0.2, 0.25) is 0 Å². The molecule has 0 aliphatic rings. The van der Waals surface area contributed by atoms with Crippen LogP contribution in [0.5, 0.6) is 0 Å². The van der Waals surface area contributed by atoms with Gasteiger partial charge in [0, 0.05) is 30.3 Å². The van der Waals surface area contributed by atoms with Crippen molar-refractivity contribution in [3.05, 3.63) is 90.0 Å². The number of nitrogens with zero attached hydrogens (tertiary/aromatic N) is 1. The van der Waals surface area contributed by atoms with Gasteiger partial charge in [0.15, 0.2) is 11.6 Å². The van der Waals surface area contributed by atoms with E-state index in [0.717, 1.165) is 22.9 Å². The van der Waals surface area contributed by atoms with Crippen molar-refractivity contribution in [2.75, 3.05) is 18.9 Å². The fourth-order valence-corrected chi connectivity index (χ4v) is 3.17. The zero-order chi connectivity index (χ0) is 20.8. The Morgan fingerprint density at radius 2 is 1.66 bits per heavy atom. The monoisotopic (exact) mass is 394 g/mol. The van der Waals surface area contributed by atoms with Crippen LogP contribution in [0, 0.1) is 11.6 Å². The molecule has 0 fully saturated rings. The van der Waals surface area contributed by atoms with Gasteiger partial charge in [-0.1, -0.05) is 54.6 Å². The van der Waals surface area contributed by atoms with Crippen LogP contribution in [0.3, 0.4) is 0 Å². The summed E-state index contributed by atoms with van der Waals surface area (Å²) in [5, 5.41) is 2.98. The predicted octanol–water partition coefficient (Wildman–Crippen LogP) is 5.65. The molecule has 0 bridgehead atoms. The summed E-state index contributed by atoms with van der Waals surface area (Å²) in [6, 6.07) is 21.3. The molecule has 0 aliphatic heterocycles. The number of nitrogens with one attached hydrogen (secondary N) is 1. The molecule has 1 unspecified atom stereocenters. The molecule has 0 aliphatic carbocycles. The third-order valence-corrected chi connectivity index (χ3v) is 5.06. The number of amides is 1. The molecular formula is C24H24F2N2O. The van der Waals surface area contributed by atoms with Crippen LogP contribution in [-0.2, 0) is 4.79 Å². The number of para-hydroxylation sites is 1. The van der Waals surface area contributed by atoms with E-state index >= 15 is 0 Å². The molecule has 0 aromatic heterocycles. The minimum atomic E-state index is -0.863. The molecule has 5 heteroatoms. The van der Waals surface area contributed by atoms with Crippen molar-refractivity contribution < 1.29 is 13.6 Å². The van der Waals surface area contributed by atoms with E-state index in [9.17, 15) is 13.6 Å². The number of halogens is 2. The molecule has 150 valence electrons. The van der Waals surface area contributed by atoms with Gasteiger partial charge in [-0.3, -0.25) is 9.69 Å².